The maximum atomic E-state index is 10.8. The third kappa shape index (κ3) is 2.33. The number of rotatable bonds is 2. The van der Waals surface area contributed by atoms with Crippen LogP contribution in [0.25, 0.3) is 0 Å². The summed E-state index contributed by atoms with van der Waals surface area (Å²) in [5.74, 6) is 1.90. The summed E-state index contributed by atoms with van der Waals surface area (Å²) in [4.78, 5) is 0. The van der Waals surface area contributed by atoms with Crippen LogP contribution in [0.2, 0.25) is 0 Å². The Balaban J connectivity index is 2.60. The molecular formula is C5H12N2O2S2. The van der Waals surface area contributed by atoms with Gasteiger partial charge < -0.3 is 0 Å². The van der Waals surface area contributed by atoms with Crippen LogP contribution in [0.15, 0.2) is 0 Å². The molecule has 0 aromatic heterocycles. The van der Waals surface area contributed by atoms with Gasteiger partial charge in [-0.05, 0) is 12.2 Å². The van der Waals surface area contributed by atoms with Gasteiger partial charge in [-0.3, -0.25) is 0 Å². The van der Waals surface area contributed by atoms with Gasteiger partial charge in [-0.2, -0.15) is 24.5 Å². The molecule has 4 nitrogen and oxygen atoms in total. The zero-order valence-corrected chi connectivity index (χ0v) is 7.99. The Morgan fingerprint density at radius 3 is 2.64 bits per heavy atom. The molecule has 1 aliphatic rings. The van der Waals surface area contributed by atoms with Crippen molar-refractivity contribution in [3.05, 3.63) is 0 Å². The highest BCUT2D eigenvalue weighted by molar-refractivity contribution is 7.99. The normalized spacial score (nSPS) is 26.3. The van der Waals surface area contributed by atoms with Gasteiger partial charge in [0.25, 0.3) is 10.2 Å². The van der Waals surface area contributed by atoms with Gasteiger partial charge in [-0.1, -0.05) is 0 Å². The monoisotopic (exact) mass is 196 g/mol. The SMILES string of the molecule is CN([C@@H]1CCSC1)S(N)(=O)=O. The van der Waals surface area contributed by atoms with E-state index in [2.05, 4.69) is 0 Å². The number of nitrogens with two attached hydrogens (primary N) is 1. The lowest BCUT2D eigenvalue weighted by Gasteiger charge is -2.19. The molecule has 0 radical (unpaired) electrons. The van der Waals surface area contributed by atoms with Crippen molar-refractivity contribution in [3.63, 3.8) is 0 Å². The van der Waals surface area contributed by atoms with Gasteiger partial charge in [-0.25, -0.2) is 5.14 Å². The molecule has 1 heterocycles. The fourth-order valence-electron chi connectivity index (χ4n) is 1.02. The molecule has 1 rings (SSSR count). The molecule has 0 aromatic rings. The molecule has 0 unspecified atom stereocenters. The summed E-state index contributed by atoms with van der Waals surface area (Å²) >= 11 is 1.76. The molecule has 1 atom stereocenters. The predicted octanol–water partition coefficient (Wildman–Crippen LogP) is -0.373. The maximum Gasteiger partial charge on any atom is 0.276 e. The van der Waals surface area contributed by atoms with Crippen LogP contribution < -0.4 is 5.14 Å². The van der Waals surface area contributed by atoms with E-state index in [1.165, 1.54) is 11.4 Å². The maximum absolute atomic E-state index is 10.8. The third-order valence-electron chi connectivity index (χ3n) is 1.82. The molecule has 1 saturated heterocycles. The van der Waals surface area contributed by atoms with Gasteiger partial charge in [0, 0.05) is 18.8 Å². The number of hydrogen-bond acceptors (Lipinski definition) is 3. The quantitative estimate of drug-likeness (QED) is 0.655. The standard InChI is InChI=1S/C5H12N2O2S2/c1-7(11(6,8)9)5-2-3-10-4-5/h5H,2-4H2,1H3,(H2,6,8,9)/t5-/m1/s1. The molecule has 0 aliphatic carbocycles. The first-order valence-corrected chi connectivity index (χ1v) is 6.01. The van der Waals surface area contributed by atoms with Crippen molar-refractivity contribution in [2.24, 2.45) is 5.14 Å². The third-order valence-corrected chi connectivity index (χ3v) is 4.07. The van der Waals surface area contributed by atoms with E-state index in [0.717, 1.165) is 17.9 Å². The minimum Gasteiger partial charge on any atom is -0.216 e. The molecule has 66 valence electrons. The Morgan fingerprint density at radius 2 is 2.27 bits per heavy atom. The topological polar surface area (TPSA) is 63.4 Å². The second-order valence-corrected chi connectivity index (χ2v) is 5.33. The molecule has 1 fully saturated rings. The predicted molar refractivity (Wildman–Crippen MR) is 46.6 cm³/mol. The summed E-state index contributed by atoms with van der Waals surface area (Å²) in [5.41, 5.74) is 0. The Kier molecular flexibility index (Phi) is 2.79. The average Bonchev–Trinajstić information content (AvgIpc) is 2.34. The molecule has 1 aliphatic heterocycles. The molecular weight excluding hydrogens is 184 g/mol. The fraction of sp³-hybridized carbons (Fsp3) is 1.00. The van der Waals surface area contributed by atoms with E-state index in [0.29, 0.717) is 0 Å². The summed E-state index contributed by atoms with van der Waals surface area (Å²) in [6, 6.07) is 0.106. The Hall–Kier alpha value is 0.220. The van der Waals surface area contributed by atoms with Crippen LogP contribution in [-0.2, 0) is 10.2 Å². The van der Waals surface area contributed by atoms with Crippen molar-refractivity contribution in [1.82, 2.24) is 4.31 Å². The number of nitrogens with zero attached hydrogens (tertiary/aromatic N) is 1. The summed E-state index contributed by atoms with van der Waals surface area (Å²) in [5, 5.41) is 4.95. The van der Waals surface area contributed by atoms with Crippen LogP contribution in [0.1, 0.15) is 6.42 Å². The van der Waals surface area contributed by atoms with Crippen LogP contribution >= 0.6 is 11.8 Å². The van der Waals surface area contributed by atoms with Crippen LogP contribution in [0, 0.1) is 0 Å². The zero-order chi connectivity index (χ0) is 8.48. The highest BCUT2D eigenvalue weighted by Crippen LogP contribution is 2.21. The second kappa shape index (κ2) is 3.30. The minimum atomic E-state index is -3.47. The van der Waals surface area contributed by atoms with Crippen LogP contribution in [0.5, 0.6) is 0 Å². The van der Waals surface area contributed by atoms with E-state index in [1.54, 1.807) is 11.8 Å². The van der Waals surface area contributed by atoms with Gasteiger partial charge in [0.2, 0.25) is 0 Å². The fourth-order valence-corrected chi connectivity index (χ4v) is 2.97. The van der Waals surface area contributed by atoms with Gasteiger partial charge >= 0.3 is 0 Å². The molecule has 0 aromatic carbocycles. The van der Waals surface area contributed by atoms with E-state index < -0.39 is 10.2 Å². The van der Waals surface area contributed by atoms with Gasteiger partial charge in [0.05, 0.1) is 0 Å². The summed E-state index contributed by atoms with van der Waals surface area (Å²) in [6.07, 6.45) is 0.914. The number of thioether (sulfide) groups is 1. The first-order valence-electron chi connectivity index (χ1n) is 3.35. The Morgan fingerprint density at radius 1 is 1.64 bits per heavy atom. The van der Waals surface area contributed by atoms with Crippen LogP contribution in [0.4, 0.5) is 0 Å². The highest BCUT2D eigenvalue weighted by Gasteiger charge is 2.26. The molecule has 11 heavy (non-hydrogen) atoms. The van der Waals surface area contributed by atoms with Crippen molar-refractivity contribution >= 4 is 22.0 Å². The lowest BCUT2D eigenvalue weighted by atomic mass is 10.3. The van der Waals surface area contributed by atoms with Gasteiger partial charge in [0.15, 0.2) is 0 Å². The molecule has 6 heteroatoms. The lowest BCUT2D eigenvalue weighted by molar-refractivity contribution is 0.395. The van der Waals surface area contributed by atoms with Crippen molar-refractivity contribution in [3.8, 4) is 0 Å². The summed E-state index contributed by atoms with van der Waals surface area (Å²) < 4.78 is 22.9. The second-order valence-electron chi connectivity index (χ2n) is 2.58. The first-order chi connectivity index (χ1) is 5.02. The largest absolute Gasteiger partial charge is 0.276 e. The van der Waals surface area contributed by atoms with Crippen LogP contribution in [-0.4, -0.2) is 37.3 Å². The Labute approximate surface area is 71.3 Å². The summed E-state index contributed by atoms with van der Waals surface area (Å²) in [6.45, 7) is 0. The van der Waals surface area contributed by atoms with Crippen molar-refractivity contribution < 1.29 is 8.42 Å². The van der Waals surface area contributed by atoms with E-state index >= 15 is 0 Å². The lowest BCUT2D eigenvalue weighted by Crippen LogP contribution is -2.41. The van der Waals surface area contributed by atoms with E-state index in [1.807, 2.05) is 0 Å². The average molecular weight is 196 g/mol. The summed E-state index contributed by atoms with van der Waals surface area (Å²) in [7, 11) is -1.93. The van der Waals surface area contributed by atoms with E-state index in [9.17, 15) is 8.42 Å². The van der Waals surface area contributed by atoms with Crippen molar-refractivity contribution in [2.75, 3.05) is 18.6 Å². The first kappa shape index (κ1) is 9.31. The molecule has 0 amide bonds. The molecule has 2 N–H and O–H groups in total. The van der Waals surface area contributed by atoms with Crippen LogP contribution in [0.3, 0.4) is 0 Å². The molecule has 0 spiro atoms. The highest BCUT2D eigenvalue weighted by atomic mass is 32.2. The zero-order valence-electron chi connectivity index (χ0n) is 6.36. The van der Waals surface area contributed by atoms with Crippen molar-refractivity contribution in [1.29, 1.82) is 0 Å². The molecule has 0 saturated carbocycles. The number of hydrogen-bond donors (Lipinski definition) is 1. The van der Waals surface area contributed by atoms with Crippen molar-refractivity contribution in [2.45, 2.75) is 12.5 Å². The minimum absolute atomic E-state index is 0.106. The molecule has 0 bridgehead atoms. The Bertz CT molecular complexity index is 221. The van der Waals surface area contributed by atoms with E-state index in [4.69, 9.17) is 5.14 Å². The smallest absolute Gasteiger partial charge is 0.216 e. The van der Waals surface area contributed by atoms with E-state index in [-0.39, 0.29) is 6.04 Å². The van der Waals surface area contributed by atoms with Gasteiger partial charge in [-0.15, -0.1) is 0 Å². The van der Waals surface area contributed by atoms with Gasteiger partial charge in [0.1, 0.15) is 0 Å².